The molecule has 4 rings (SSSR count). The van der Waals surface area contributed by atoms with E-state index < -0.39 is 18.2 Å². The van der Waals surface area contributed by atoms with Crippen LogP contribution in [0.1, 0.15) is 28.4 Å². The Morgan fingerprint density at radius 3 is 1.89 bits per heavy atom. The van der Waals surface area contributed by atoms with Gasteiger partial charge in [-0.3, -0.25) is 0 Å². The monoisotopic (exact) mass is 487 g/mol. The van der Waals surface area contributed by atoms with Crippen molar-refractivity contribution in [2.75, 3.05) is 11.5 Å². The summed E-state index contributed by atoms with van der Waals surface area (Å²) in [6, 6.07) is 23.0. The lowest BCUT2D eigenvalue weighted by molar-refractivity contribution is 0.0526. The van der Waals surface area contributed by atoms with Gasteiger partial charge >= 0.3 is 18.2 Å². The number of aromatic nitrogens is 2. The number of amides is 2. The van der Waals surface area contributed by atoms with Crippen LogP contribution in [-0.2, 0) is 34.5 Å². The van der Waals surface area contributed by atoms with E-state index in [2.05, 4.69) is 4.98 Å². The zero-order chi connectivity index (χ0) is 25.5. The molecule has 4 aromatic rings. The van der Waals surface area contributed by atoms with Crippen molar-refractivity contribution in [3.8, 4) is 0 Å². The van der Waals surface area contributed by atoms with Gasteiger partial charge in [-0.25, -0.2) is 19.4 Å². The van der Waals surface area contributed by atoms with Gasteiger partial charge < -0.3 is 18.8 Å². The number of hydrogen-bond donors (Lipinski definition) is 0. The first-order valence-corrected chi connectivity index (χ1v) is 11.3. The van der Waals surface area contributed by atoms with Gasteiger partial charge in [0.15, 0.2) is 0 Å². The molecule has 0 fully saturated rings. The molecular formula is C27H25N3O6. The predicted molar refractivity (Wildman–Crippen MR) is 132 cm³/mol. The third-order valence-electron chi connectivity index (χ3n) is 5.34. The normalized spacial score (nSPS) is 10.6. The number of fused-ring (bicyclic) bond motifs is 1. The minimum absolute atomic E-state index is 0.0119. The highest BCUT2D eigenvalue weighted by atomic mass is 16.6. The fraction of sp³-hybridized carbons (Fsp3) is 0.185. The summed E-state index contributed by atoms with van der Waals surface area (Å²) in [6.07, 6.45) is -1.89. The maximum Gasteiger partial charge on any atom is 0.426 e. The number of imidazole rings is 1. The molecule has 0 aliphatic rings. The zero-order valence-corrected chi connectivity index (χ0v) is 19.9. The lowest BCUT2D eigenvalue weighted by atomic mass is 10.2. The maximum absolute atomic E-state index is 13.1. The second-order valence-corrected chi connectivity index (χ2v) is 7.81. The first-order valence-electron chi connectivity index (χ1n) is 11.3. The van der Waals surface area contributed by atoms with E-state index in [1.165, 1.54) is 0 Å². The fourth-order valence-electron chi connectivity index (χ4n) is 3.53. The van der Waals surface area contributed by atoms with Crippen LogP contribution in [0.15, 0.2) is 78.9 Å². The summed E-state index contributed by atoms with van der Waals surface area (Å²) in [5.74, 6) is -0.505. The molecule has 0 bridgehead atoms. The highest BCUT2D eigenvalue weighted by Crippen LogP contribution is 2.24. The summed E-state index contributed by atoms with van der Waals surface area (Å²) in [4.78, 5) is 43.6. The lowest BCUT2D eigenvalue weighted by Gasteiger charge is -2.19. The van der Waals surface area contributed by atoms with Crippen molar-refractivity contribution in [1.82, 2.24) is 9.55 Å². The van der Waals surface area contributed by atoms with Gasteiger partial charge in [0.1, 0.15) is 13.2 Å². The molecule has 3 aromatic carbocycles. The maximum atomic E-state index is 13.1. The average molecular weight is 488 g/mol. The van der Waals surface area contributed by atoms with E-state index in [9.17, 15) is 14.4 Å². The Hall–Kier alpha value is -4.66. The van der Waals surface area contributed by atoms with E-state index in [4.69, 9.17) is 14.2 Å². The van der Waals surface area contributed by atoms with Gasteiger partial charge in [0.05, 0.1) is 23.2 Å². The van der Waals surface area contributed by atoms with Crippen LogP contribution in [0.25, 0.3) is 11.0 Å². The third kappa shape index (κ3) is 5.52. The van der Waals surface area contributed by atoms with Crippen LogP contribution >= 0.6 is 0 Å². The Labute approximate surface area is 207 Å². The molecule has 0 atom stereocenters. The molecule has 0 aliphatic carbocycles. The zero-order valence-electron chi connectivity index (χ0n) is 19.9. The molecule has 9 nitrogen and oxygen atoms in total. The Morgan fingerprint density at radius 2 is 1.36 bits per heavy atom. The van der Waals surface area contributed by atoms with Crippen molar-refractivity contribution in [3.05, 3.63) is 95.6 Å². The van der Waals surface area contributed by atoms with Gasteiger partial charge in [-0.2, -0.15) is 0 Å². The van der Waals surface area contributed by atoms with Gasteiger partial charge in [0, 0.05) is 7.05 Å². The largest absolute Gasteiger partial charge is 0.462 e. The number of nitrogens with zero attached hydrogens (tertiary/aromatic N) is 3. The minimum Gasteiger partial charge on any atom is -0.462 e. The van der Waals surface area contributed by atoms with Gasteiger partial charge in [0.2, 0.25) is 5.95 Å². The molecule has 0 unspecified atom stereocenters. The van der Waals surface area contributed by atoms with Crippen LogP contribution < -0.4 is 4.90 Å². The molecule has 0 aliphatic heterocycles. The second-order valence-electron chi connectivity index (χ2n) is 7.81. The van der Waals surface area contributed by atoms with Gasteiger partial charge in [0.25, 0.3) is 0 Å². The summed E-state index contributed by atoms with van der Waals surface area (Å²) in [5, 5.41) is 0. The standard InChI is InChI=1S/C27H25N3O6/c1-3-34-24(31)21-14-15-23-22(16-21)28-25(29(23)2)30(26(32)35-17-19-10-6-4-7-11-19)27(33)36-18-20-12-8-5-9-13-20/h4-16H,3,17-18H2,1-2H3. The SMILES string of the molecule is CCOC(=O)c1ccc2c(c1)nc(N(C(=O)OCc1ccccc1)C(=O)OCc1ccccc1)n2C. The fourth-order valence-corrected chi connectivity index (χ4v) is 3.53. The number of ether oxygens (including phenoxy) is 3. The molecule has 0 saturated heterocycles. The summed E-state index contributed by atoms with van der Waals surface area (Å²) in [7, 11) is 1.65. The van der Waals surface area contributed by atoms with Crippen molar-refractivity contribution < 1.29 is 28.6 Å². The lowest BCUT2D eigenvalue weighted by Crippen LogP contribution is -2.39. The third-order valence-corrected chi connectivity index (χ3v) is 5.34. The smallest absolute Gasteiger partial charge is 0.426 e. The molecule has 184 valence electrons. The first kappa shape index (κ1) is 24.5. The summed E-state index contributed by atoms with van der Waals surface area (Å²) in [5.41, 5.74) is 2.81. The molecular weight excluding hydrogens is 462 g/mol. The average Bonchev–Trinajstić information content (AvgIpc) is 3.22. The quantitative estimate of drug-likeness (QED) is 0.260. The van der Waals surface area contributed by atoms with Crippen LogP contribution in [0.2, 0.25) is 0 Å². The van der Waals surface area contributed by atoms with Crippen LogP contribution in [0.5, 0.6) is 0 Å². The van der Waals surface area contributed by atoms with Crippen LogP contribution in [0.4, 0.5) is 15.5 Å². The van der Waals surface area contributed by atoms with Crippen molar-refractivity contribution in [2.24, 2.45) is 7.05 Å². The number of rotatable bonds is 7. The van der Waals surface area contributed by atoms with E-state index in [-0.39, 0.29) is 25.8 Å². The predicted octanol–water partition coefficient (Wildman–Crippen LogP) is 5.23. The molecule has 0 N–H and O–H groups in total. The van der Waals surface area contributed by atoms with Crippen molar-refractivity contribution >= 4 is 35.1 Å². The van der Waals surface area contributed by atoms with Crippen molar-refractivity contribution in [3.63, 3.8) is 0 Å². The number of imide groups is 1. The Bertz CT molecular complexity index is 1310. The number of anilines is 1. The van der Waals surface area contributed by atoms with E-state index in [1.807, 2.05) is 36.4 Å². The van der Waals surface area contributed by atoms with Gasteiger partial charge in [-0.05, 0) is 36.2 Å². The molecule has 1 heterocycles. The molecule has 0 saturated carbocycles. The minimum atomic E-state index is -0.944. The molecule has 2 amide bonds. The Morgan fingerprint density at radius 1 is 0.806 bits per heavy atom. The molecule has 9 heteroatoms. The van der Waals surface area contributed by atoms with Crippen molar-refractivity contribution in [2.45, 2.75) is 20.1 Å². The molecule has 36 heavy (non-hydrogen) atoms. The highest BCUT2D eigenvalue weighted by Gasteiger charge is 2.31. The number of hydrogen-bond acceptors (Lipinski definition) is 7. The topological polar surface area (TPSA) is 100.0 Å². The van der Waals surface area contributed by atoms with Crippen molar-refractivity contribution in [1.29, 1.82) is 0 Å². The summed E-state index contributed by atoms with van der Waals surface area (Å²) in [6.45, 7) is 1.87. The molecule has 0 radical (unpaired) electrons. The van der Waals surface area contributed by atoms with E-state index in [1.54, 1.807) is 61.0 Å². The number of esters is 1. The first-order chi connectivity index (χ1) is 17.5. The van der Waals surface area contributed by atoms with Gasteiger partial charge in [-0.1, -0.05) is 60.7 Å². The van der Waals surface area contributed by atoms with E-state index in [0.29, 0.717) is 16.6 Å². The number of carbonyl (C=O) groups is 3. The molecule has 0 spiro atoms. The van der Waals surface area contributed by atoms with Crippen LogP contribution in [-0.4, -0.2) is 34.3 Å². The van der Waals surface area contributed by atoms with Crippen LogP contribution in [0, 0.1) is 0 Å². The Kier molecular flexibility index (Phi) is 7.60. The van der Waals surface area contributed by atoms with E-state index >= 15 is 0 Å². The summed E-state index contributed by atoms with van der Waals surface area (Å²) >= 11 is 0. The van der Waals surface area contributed by atoms with E-state index in [0.717, 1.165) is 16.0 Å². The Balaban J connectivity index is 1.64. The highest BCUT2D eigenvalue weighted by molar-refractivity contribution is 6.09. The van der Waals surface area contributed by atoms with Crippen LogP contribution in [0.3, 0.4) is 0 Å². The van der Waals surface area contributed by atoms with Gasteiger partial charge in [-0.15, -0.1) is 4.90 Å². The number of aryl methyl sites for hydroxylation is 1. The summed E-state index contributed by atoms with van der Waals surface area (Å²) < 4.78 is 17.4. The number of carbonyl (C=O) groups excluding carboxylic acids is 3. The number of benzene rings is 3. The second kappa shape index (κ2) is 11.2. The molecule has 1 aromatic heterocycles.